The molecule has 0 spiro atoms. The Hall–Kier alpha value is -0.550. The van der Waals surface area contributed by atoms with Gasteiger partial charge < -0.3 is 4.74 Å². The first-order valence-electron chi connectivity index (χ1n) is 5.69. The standard InChI is InChI=1S/C12H19NO2S2/c1-9(2)6-16-8-11-13-10(7-17-11)4-5-12(14)15-3/h7,9H,4-6,8H2,1-3H3. The van der Waals surface area contributed by atoms with Crippen LogP contribution in [-0.2, 0) is 21.7 Å². The van der Waals surface area contributed by atoms with E-state index in [-0.39, 0.29) is 5.97 Å². The number of thioether (sulfide) groups is 1. The minimum Gasteiger partial charge on any atom is -0.469 e. The van der Waals surface area contributed by atoms with Gasteiger partial charge >= 0.3 is 5.97 Å². The first-order valence-corrected chi connectivity index (χ1v) is 7.73. The molecule has 5 heteroatoms. The first kappa shape index (κ1) is 14.5. The van der Waals surface area contributed by atoms with E-state index in [4.69, 9.17) is 0 Å². The van der Waals surface area contributed by atoms with E-state index < -0.39 is 0 Å². The molecule has 0 aromatic carbocycles. The average Bonchev–Trinajstić information content (AvgIpc) is 2.73. The topological polar surface area (TPSA) is 39.2 Å². The molecule has 17 heavy (non-hydrogen) atoms. The third-order valence-electron chi connectivity index (χ3n) is 2.09. The number of hydrogen-bond acceptors (Lipinski definition) is 5. The summed E-state index contributed by atoms with van der Waals surface area (Å²) < 4.78 is 4.60. The van der Waals surface area contributed by atoms with E-state index in [1.54, 1.807) is 11.3 Å². The Morgan fingerprint density at radius 2 is 2.35 bits per heavy atom. The maximum absolute atomic E-state index is 11.0. The largest absolute Gasteiger partial charge is 0.469 e. The van der Waals surface area contributed by atoms with E-state index in [1.807, 2.05) is 17.1 Å². The third kappa shape index (κ3) is 6.07. The number of rotatable bonds is 7. The Morgan fingerprint density at radius 1 is 1.59 bits per heavy atom. The molecular formula is C12H19NO2S2. The van der Waals surface area contributed by atoms with Crippen LogP contribution in [0.3, 0.4) is 0 Å². The molecule has 0 saturated heterocycles. The van der Waals surface area contributed by atoms with Crippen molar-refractivity contribution < 1.29 is 9.53 Å². The Labute approximate surface area is 111 Å². The van der Waals surface area contributed by atoms with Crippen molar-refractivity contribution in [1.29, 1.82) is 0 Å². The molecule has 1 rings (SSSR count). The number of aromatic nitrogens is 1. The Balaban J connectivity index is 2.30. The fourth-order valence-corrected chi connectivity index (χ4v) is 3.21. The number of aryl methyl sites for hydroxylation is 1. The molecule has 0 atom stereocenters. The summed E-state index contributed by atoms with van der Waals surface area (Å²) in [5.74, 6) is 2.69. The van der Waals surface area contributed by atoms with Crippen LogP contribution >= 0.6 is 23.1 Å². The van der Waals surface area contributed by atoms with Crippen LogP contribution in [0.5, 0.6) is 0 Å². The van der Waals surface area contributed by atoms with Gasteiger partial charge in [-0.3, -0.25) is 4.79 Å². The van der Waals surface area contributed by atoms with Crippen LogP contribution in [0.15, 0.2) is 5.38 Å². The second kappa shape index (κ2) is 7.71. The molecule has 1 aromatic rings. The molecule has 0 saturated carbocycles. The van der Waals surface area contributed by atoms with Gasteiger partial charge in [-0.15, -0.1) is 11.3 Å². The van der Waals surface area contributed by atoms with Crippen molar-refractivity contribution in [3.8, 4) is 0 Å². The minimum absolute atomic E-state index is 0.172. The maximum Gasteiger partial charge on any atom is 0.305 e. The van der Waals surface area contributed by atoms with Gasteiger partial charge in [-0.25, -0.2) is 4.98 Å². The highest BCUT2D eigenvalue weighted by atomic mass is 32.2. The maximum atomic E-state index is 11.0. The van der Waals surface area contributed by atoms with Gasteiger partial charge in [-0.2, -0.15) is 11.8 Å². The minimum atomic E-state index is -0.172. The number of ether oxygens (including phenoxy) is 1. The summed E-state index contributed by atoms with van der Waals surface area (Å²) in [5.41, 5.74) is 1.00. The summed E-state index contributed by atoms with van der Waals surface area (Å²) in [6.45, 7) is 4.44. The molecule has 0 aliphatic rings. The smallest absolute Gasteiger partial charge is 0.305 e. The van der Waals surface area contributed by atoms with E-state index >= 15 is 0 Å². The van der Waals surface area contributed by atoms with Gasteiger partial charge in [0, 0.05) is 17.6 Å². The van der Waals surface area contributed by atoms with Crippen LogP contribution in [-0.4, -0.2) is 23.8 Å². The summed E-state index contributed by atoms with van der Waals surface area (Å²) in [6, 6.07) is 0. The molecule has 1 aromatic heterocycles. The highest BCUT2D eigenvalue weighted by Crippen LogP contribution is 2.19. The number of nitrogens with zero attached hydrogens (tertiary/aromatic N) is 1. The Bertz CT molecular complexity index is 350. The van der Waals surface area contributed by atoms with Crippen molar-refractivity contribution in [2.45, 2.75) is 32.4 Å². The fraction of sp³-hybridized carbons (Fsp3) is 0.667. The summed E-state index contributed by atoms with van der Waals surface area (Å²) in [5, 5.41) is 3.18. The molecule has 1 heterocycles. The molecule has 96 valence electrons. The van der Waals surface area contributed by atoms with Crippen molar-refractivity contribution in [2.75, 3.05) is 12.9 Å². The van der Waals surface area contributed by atoms with Crippen molar-refractivity contribution in [1.82, 2.24) is 4.98 Å². The van der Waals surface area contributed by atoms with Crippen molar-refractivity contribution >= 4 is 29.1 Å². The van der Waals surface area contributed by atoms with Gasteiger partial charge in [-0.1, -0.05) is 13.8 Å². The van der Waals surface area contributed by atoms with Crippen LogP contribution in [0.2, 0.25) is 0 Å². The summed E-state index contributed by atoms with van der Waals surface area (Å²) in [6.07, 6.45) is 1.09. The zero-order valence-electron chi connectivity index (χ0n) is 10.6. The van der Waals surface area contributed by atoms with Gasteiger partial charge in [0.15, 0.2) is 0 Å². The number of carbonyl (C=O) groups excluding carboxylic acids is 1. The molecule has 0 aliphatic carbocycles. The number of methoxy groups -OCH3 is 1. The molecule has 0 aliphatic heterocycles. The van der Waals surface area contributed by atoms with E-state index in [1.165, 1.54) is 7.11 Å². The van der Waals surface area contributed by atoms with E-state index in [2.05, 4.69) is 23.6 Å². The molecule has 3 nitrogen and oxygen atoms in total. The first-order chi connectivity index (χ1) is 8.11. The zero-order chi connectivity index (χ0) is 12.7. The lowest BCUT2D eigenvalue weighted by Crippen LogP contribution is -2.02. The number of hydrogen-bond donors (Lipinski definition) is 0. The monoisotopic (exact) mass is 273 g/mol. The van der Waals surface area contributed by atoms with Gasteiger partial charge in [0.2, 0.25) is 0 Å². The normalized spacial score (nSPS) is 10.8. The second-order valence-corrected chi connectivity index (χ2v) is 6.19. The molecule has 0 bridgehead atoms. The van der Waals surface area contributed by atoms with E-state index in [0.717, 1.165) is 28.1 Å². The lowest BCUT2D eigenvalue weighted by atomic mass is 10.2. The van der Waals surface area contributed by atoms with Crippen LogP contribution in [0.25, 0.3) is 0 Å². The summed E-state index contributed by atoms with van der Waals surface area (Å²) in [4.78, 5) is 15.5. The van der Waals surface area contributed by atoms with Crippen molar-refractivity contribution in [3.63, 3.8) is 0 Å². The summed E-state index contributed by atoms with van der Waals surface area (Å²) in [7, 11) is 1.41. The number of thiazole rings is 1. The lowest BCUT2D eigenvalue weighted by Gasteiger charge is -2.01. The predicted octanol–water partition coefficient (Wildman–Crippen LogP) is 3.14. The van der Waals surface area contributed by atoms with E-state index in [9.17, 15) is 4.79 Å². The quantitative estimate of drug-likeness (QED) is 0.715. The van der Waals surface area contributed by atoms with Gasteiger partial charge in [0.25, 0.3) is 0 Å². The van der Waals surface area contributed by atoms with Crippen molar-refractivity contribution in [3.05, 3.63) is 16.1 Å². The van der Waals surface area contributed by atoms with Gasteiger partial charge in [0.1, 0.15) is 5.01 Å². The van der Waals surface area contributed by atoms with Gasteiger partial charge in [-0.05, 0) is 11.7 Å². The zero-order valence-corrected chi connectivity index (χ0v) is 12.2. The highest BCUT2D eigenvalue weighted by Gasteiger charge is 2.06. The van der Waals surface area contributed by atoms with Crippen molar-refractivity contribution in [2.24, 2.45) is 5.92 Å². The molecule has 0 N–H and O–H groups in total. The average molecular weight is 273 g/mol. The number of carbonyl (C=O) groups is 1. The summed E-state index contributed by atoms with van der Waals surface area (Å²) >= 11 is 3.59. The Kier molecular flexibility index (Phi) is 6.58. The van der Waals surface area contributed by atoms with Gasteiger partial charge in [0.05, 0.1) is 19.2 Å². The molecule has 0 unspecified atom stereocenters. The molecule has 0 amide bonds. The van der Waals surface area contributed by atoms with Crippen LogP contribution < -0.4 is 0 Å². The van der Waals surface area contributed by atoms with E-state index in [0.29, 0.717) is 12.8 Å². The predicted molar refractivity (Wildman–Crippen MR) is 73.5 cm³/mol. The number of esters is 1. The van der Waals surface area contributed by atoms with Crippen LogP contribution in [0, 0.1) is 5.92 Å². The SMILES string of the molecule is COC(=O)CCc1csc(CSCC(C)C)n1. The third-order valence-corrected chi connectivity index (χ3v) is 4.55. The second-order valence-electron chi connectivity index (χ2n) is 4.22. The van der Waals surface area contributed by atoms with Crippen LogP contribution in [0.4, 0.5) is 0 Å². The fourth-order valence-electron chi connectivity index (χ4n) is 1.24. The Morgan fingerprint density at radius 3 is 3.00 bits per heavy atom. The molecule has 0 fully saturated rings. The molecular weight excluding hydrogens is 254 g/mol. The highest BCUT2D eigenvalue weighted by molar-refractivity contribution is 7.98. The lowest BCUT2D eigenvalue weighted by molar-refractivity contribution is -0.140. The van der Waals surface area contributed by atoms with Crippen LogP contribution in [0.1, 0.15) is 31.0 Å². The molecule has 0 radical (unpaired) electrons.